The second kappa shape index (κ2) is 4.56. The summed E-state index contributed by atoms with van der Waals surface area (Å²) in [4.78, 5) is 25.7. The molecule has 2 aliphatic rings. The average molecular weight is 277 g/mol. The summed E-state index contributed by atoms with van der Waals surface area (Å²) in [6.07, 6.45) is 1.06. The summed E-state index contributed by atoms with van der Waals surface area (Å²) in [7, 11) is 0. The normalized spacial score (nSPS) is 21.4. The molecule has 6 heteroatoms. The maximum Gasteiger partial charge on any atom is 0.329 e. The Labute approximate surface area is 116 Å². The van der Waals surface area contributed by atoms with Gasteiger partial charge in [-0.2, -0.15) is 0 Å². The summed E-state index contributed by atoms with van der Waals surface area (Å²) in [5.74, 6) is -0.663. The van der Waals surface area contributed by atoms with E-state index in [4.69, 9.17) is 0 Å². The van der Waals surface area contributed by atoms with Gasteiger partial charge in [-0.3, -0.25) is 15.0 Å². The number of hydrogen-bond acceptors (Lipinski definition) is 3. The smallest absolute Gasteiger partial charge is 0.317 e. The second-order valence-corrected chi connectivity index (χ2v) is 5.31. The molecule has 1 spiro atoms. The molecule has 2 aliphatic heterocycles. The summed E-state index contributed by atoms with van der Waals surface area (Å²) in [5.41, 5.74) is 0.0571. The third-order valence-corrected chi connectivity index (χ3v) is 4.12. The summed E-state index contributed by atoms with van der Waals surface area (Å²) in [5, 5.41) is 5.53. The minimum Gasteiger partial charge on any atom is -0.317 e. The predicted molar refractivity (Wildman–Crippen MR) is 72.0 cm³/mol. The van der Waals surface area contributed by atoms with Crippen molar-refractivity contribution in [1.82, 2.24) is 10.6 Å². The maximum absolute atomic E-state index is 13.8. The quantitative estimate of drug-likeness (QED) is 0.761. The van der Waals surface area contributed by atoms with Crippen LogP contribution in [0.4, 0.5) is 14.9 Å². The van der Waals surface area contributed by atoms with Crippen LogP contribution in [0.2, 0.25) is 0 Å². The molecule has 0 aromatic heterocycles. The van der Waals surface area contributed by atoms with E-state index in [0.717, 1.165) is 0 Å². The minimum absolute atomic E-state index is 0.287. The van der Waals surface area contributed by atoms with Gasteiger partial charge in [-0.25, -0.2) is 9.18 Å². The van der Waals surface area contributed by atoms with Gasteiger partial charge in [0, 0.05) is 5.69 Å². The highest BCUT2D eigenvalue weighted by Gasteiger charge is 2.53. The van der Waals surface area contributed by atoms with Gasteiger partial charge in [-0.15, -0.1) is 0 Å². The van der Waals surface area contributed by atoms with Crippen molar-refractivity contribution in [1.29, 1.82) is 0 Å². The molecule has 0 radical (unpaired) electrons. The van der Waals surface area contributed by atoms with Crippen LogP contribution in [0.1, 0.15) is 18.4 Å². The molecule has 0 bridgehead atoms. The fourth-order valence-corrected chi connectivity index (χ4v) is 2.94. The Morgan fingerprint density at radius 2 is 1.95 bits per heavy atom. The van der Waals surface area contributed by atoms with Crippen LogP contribution >= 0.6 is 0 Å². The number of piperidine rings is 1. The van der Waals surface area contributed by atoms with Crippen molar-refractivity contribution in [2.24, 2.45) is 0 Å². The van der Waals surface area contributed by atoms with Gasteiger partial charge in [0.15, 0.2) is 0 Å². The van der Waals surface area contributed by atoms with E-state index in [1.54, 1.807) is 19.1 Å². The van der Waals surface area contributed by atoms with Crippen LogP contribution in [-0.2, 0) is 4.79 Å². The lowest BCUT2D eigenvalue weighted by Crippen LogP contribution is -2.56. The van der Waals surface area contributed by atoms with E-state index < -0.39 is 11.6 Å². The predicted octanol–water partition coefficient (Wildman–Crippen LogP) is 1.31. The lowest BCUT2D eigenvalue weighted by molar-refractivity contribution is -0.124. The van der Waals surface area contributed by atoms with Crippen LogP contribution in [0.3, 0.4) is 0 Å². The first kappa shape index (κ1) is 13.1. The highest BCUT2D eigenvalue weighted by molar-refractivity contribution is 6.17. The van der Waals surface area contributed by atoms with Gasteiger partial charge >= 0.3 is 6.03 Å². The third-order valence-electron chi connectivity index (χ3n) is 4.12. The number of nitrogens with zero attached hydrogens (tertiary/aromatic N) is 1. The van der Waals surface area contributed by atoms with Crippen LogP contribution in [-0.4, -0.2) is 30.6 Å². The molecule has 1 aromatic carbocycles. The van der Waals surface area contributed by atoms with Crippen LogP contribution in [0.5, 0.6) is 0 Å². The summed E-state index contributed by atoms with van der Waals surface area (Å²) < 4.78 is 13.8. The monoisotopic (exact) mass is 277 g/mol. The number of carbonyl (C=O) groups is 2. The van der Waals surface area contributed by atoms with Gasteiger partial charge in [0.25, 0.3) is 5.91 Å². The molecule has 3 amide bonds. The van der Waals surface area contributed by atoms with E-state index in [-0.39, 0.29) is 11.7 Å². The molecule has 1 aromatic rings. The van der Waals surface area contributed by atoms with E-state index in [1.165, 1.54) is 11.0 Å². The van der Waals surface area contributed by atoms with Crippen molar-refractivity contribution >= 4 is 17.6 Å². The lowest BCUT2D eigenvalue weighted by atomic mass is 9.86. The van der Waals surface area contributed by atoms with Gasteiger partial charge in [0.1, 0.15) is 11.4 Å². The van der Waals surface area contributed by atoms with Crippen molar-refractivity contribution in [3.63, 3.8) is 0 Å². The number of nitrogens with one attached hydrogen (secondary N) is 2. The van der Waals surface area contributed by atoms with Crippen LogP contribution in [0.25, 0.3) is 0 Å². The highest BCUT2D eigenvalue weighted by atomic mass is 19.1. The molecule has 2 N–H and O–H groups in total. The highest BCUT2D eigenvalue weighted by Crippen LogP contribution is 2.36. The molecule has 20 heavy (non-hydrogen) atoms. The van der Waals surface area contributed by atoms with Crippen molar-refractivity contribution < 1.29 is 14.0 Å². The van der Waals surface area contributed by atoms with Crippen molar-refractivity contribution in [2.45, 2.75) is 25.3 Å². The lowest BCUT2D eigenvalue weighted by Gasteiger charge is -2.38. The summed E-state index contributed by atoms with van der Waals surface area (Å²) in [6, 6.07) is 4.15. The van der Waals surface area contributed by atoms with Crippen molar-refractivity contribution in [3.05, 3.63) is 29.6 Å². The molecular weight excluding hydrogens is 261 g/mol. The summed E-state index contributed by atoms with van der Waals surface area (Å²) >= 11 is 0. The Hall–Kier alpha value is -1.95. The Morgan fingerprint density at radius 3 is 2.60 bits per heavy atom. The molecule has 2 heterocycles. The van der Waals surface area contributed by atoms with Gasteiger partial charge in [-0.1, -0.05) is 6.07 Å². The number of halogens is 1. The fraction of sp³-hybridized carbons (Fsp3) is 0.429. The number of hydrogen-bond donors (Lipinski definition) is 2. The van der Waals surface area contributed by atoms with Gasteiger partial charge < -0.3 is 5.32 Å². The molecule has 106 valence electrons. The fourth-order valence-electron chi connectivity index (χ4n) is 2.94. The van der Waals surface area contributed by atoms with Crippen LogP contribution in [0.15, 0.2) is 18.2 Å². The topological polar surface area (TPSA) is 61.4 Å². The molecule has 2 fully saturated rings. The van der Waals surface area contributed by atoms with Crippen LogP contribution < -0.4 is 15.5 Å². The number of rotatable bonds is 1. The Morgan fingerprint density at radius 1 is 1.25 bits per heavy atom. The number of imide groups is 1. The van der Waals surface area contributed by atoms with Crippen molar-refractivity contribution in [3.8, 4) is 0 Å². The van der Waals surface area contributed by atoms with Crippen molar-refractivity contribution in [2.75, 3.05) is 18.0 Å². The number of carbonyl (C=O) groups excluding carboxylic acids is 2. The molecule has 2 saturated heterocycles. The molecule has 5 nitrogen and oxygen atoms in total. The zero-order valence-electron chi connectivity index (χ0n) is 11.2. The Balaban J connectivity index is 2.06. The van der Waals surface area contributed by atoms with E-state index in [0.29, 0.717) is 37.2 Å². The maximum atomic E-state index is 13.8. The van der Waals surface area contributed by atoms with E-state index in [1.807, 2.05) is 0 Å². The van der Waals surface area contributed by atoms with E-state index in [2.05, 4.69) is 10.6 Å². The Kier molecular flexibility index (Phi) is 2.97. The van der Waals surface area contributed by atoms with Crippen LogP contribution in [0, 0.1) is 12.7 Å². The van der Waals surface area contributed by atoms with Gasteiger partial charge in [-0.05, 0) is 50.6 Å². The molecule has 0 atom stereocenters. The number of benzene rings is 1. The molecule has 3 rings (SSSR count). The standard InChI is InChI=1S/C14H16FN3O2/c1-9-2-3-10(8-11(9)15)18-13(20)17-12(19)14(18)4-6-16-7-5-14/h2-3,8,16H,4-7H2,1H3,(H,17,19,20). The first-order valence-electron chi connectivity index (χ1n) is 6.67. The number of aryl methyl sites for hydroxylation is 1. The second-order valence-electron chi connectivity index (χ2n) is 5.31. The molecule has 0 unspecified atom stereocenters. The van der Waals surface area contributed by atoms with Gasteiger partial charge in [0.2, 0.25) is 0 Å². The molecular formula is C14H16FN3O2. The zero-order chi connectivity index (χ0) is 14.3. The first-order chi connectivity index (χ1) is 9.54. The zero-order valence-corrected chi connectivity index (χ0v) is 11.2. The summed E-state index contributed by atoms with van der Waals surface area (Å²) in [6.45, 7) is 2.98. The number of urea groups is 1. The van der Waals surface area contributed by atoms with E-state index in [9.17, 15) is 14.0 Å². The SMILES string of the molecule is Cc1ccc(N2C(=O)NC(=O)C23CCNCC3)cc1F. The molecule has 0 aliphatic carbocycles. The Bertz CT molecular complexity index is 582. The third kappa shape index (κ3) is 1.79. The first-order valence-corrected chi connectivity index (χ1v) is 6.67. The van der Waals surface area contributed by atoms with Gasteiger partial charge in [0.05, 0.1) is 0 Å². The largest absolute Gasteiger partial charge is 0.329 e. The minimum atomic E-state index is -0.885. The number of amides is 3. The average Bonchev–Trinajstić information content (AvgIpc) is 2.65. The molecule has 0 saturated carbocycles. The number of anilines is 1. The van der Waals surface area contributed by atoms with E-state index >= 15 is 0 Å².